The zero-order valence-electron chi connectivity index (χ0n) is 12.0. The van der Waals surface area contributed by atoms with Crippen LogP contribution in [0.3, 0.4) is 0 Å². The molecule has 1 atom stereocenters. The Morgan fingerprint density at radius 1 is 0.900 bits per heavy atom. The molecule has 104 valence electrons. The Morgan fingerprint density at radius 2 is 1.50 bits per heavy atom. The van der Waals surface area contributed by atoms with Gasteiger partial charge in [0.2, 0.25) is 0 Å². The van der Waals surface area contributed by atoms with Crippen LogP contribution in [0.15, 0.2) is 24.3 Å². The molecule has 4 fully saturated rings. The van der Waals surface area contributed by atoms with E-state index in [0.717, 1.165) is 29.7 Å². The molecule has 0 spiro atoms. The van der Waals surface area contributed by atoms with Crippen LogP contribution in [0.25, 0.3) is 0 Å². The maximum atomic E-state index is 12.4. The van der Waals surface area contributed by atoms with Gasteiger partial charge in [0.25, 0.3) is 0 Å². The number of hydrogen-bond donors (Lipinski definition) is 0. The second kappa shape index (κ2) is 3.75. The van der Waals surface area contributed by atoms with E-state index in [1.165, 1.54) is 44.1 Å². The molecule has 5 aliphatic carbocycles. The molecule has 0 N–H and O–H groups in total. The molecule has 0 heterocycles. The first-order valence-electron chi connectivity index (χ1n) is 8.36. The SMILES string of the molecule is O=C1C[C@H](C23CC4CC(CC(C4)C2)C3)c2ccccc21. The molecule has 4 saturated carbocycles. The van der Waals surface area contributed by atoms with Crippen molar-refractivity contribution in [2.45, 2.75) is 50.9 Å². The summed E-state index contributed by atoms with van der Waals surface area (Å²) in [5.41, 5.74) is 2.91. The van der Waals surface area contributed by atoms with Crippen LogP contribution >= 0.6 is 0 Å². The molecule has 1 aromatic carbocycles. The van der Waals surface area contributed by atoms with Crippen molar-refractivity contribution in [3.05, 3.63) is 35.4 Å². The summed E-state index contributed by atoms with van der Waals surface area (Å²) in [5, 5.41) is 0. The van der Waals surface area contributed by atoms with Crippen molar-refractivity contribution in [3.8, 4) is 0 Å². The lowest BCUT2D eigenvalue weighted by Crippen LogP contribution is -2.48. The van der Waals surface area contributed by atoms with Crippen LogP contribution in [0, 0.1) is 23.2 Å². The van der Waals surface area contributed by atoms with Crippen molar-refractivity contribution in [3.63, 3.8) is 0 Å². The standard InChI is InChI=1S/C19H22O/c20-18-8-17(15-3-1-2-4-16(15)18)19-9-12-5-13(10-19)7-14(6-12)11-19/h1-4,12-14,17H,5-11H2/t12?,13?,14?,17-,19?/m0/s1. The quantitative estimate of drug-likeness (QED) is 0.727. The van der Waals surface area contributed by atoms with E-state index >= 15 is 0 Å². The van der Waals surface area contributed by atoms with E-state index in [1.807, 2.05) is 6.07 Å². The second-order valence-corrected chi connectivity index (χ2v) is 8.05. The van der Waals surface area contributed by atoms with Crippen molar-refractivity contribution < 1.29 is 4.79 Å². The van der Waals surface area contributed by atoms with Gasteiger partial charge in [0.05, 0.1) is 0 Å². The van der Waals surface area contributed by atoms with Gasteiger partial charge in [-0.15, -0.1) is 0 Å². The fraction of sp³-hybridized carbons (Fsp3) is 0.632. The van der Waals surface area contributed by atoms with Crippen LogP contribution in [0.4, 0.5) is 0 Å². The highest BCUT2D eigenvalue weighted by Crippen LogP contribution is 2.66. The minimum Gasteiger partial charge on any atom is -0.294 e. The number of fused-ring (bicyclic) bond motifs is 1. The van der Waals surface area contributed by atoms with Gasteiger partial charge in [-0.2, -0.15) is 0 Å². The Kier molecular flexibility index (Phi) is 2.16. The van der Waals surface area contributed by atoms with Crippen LogP contribution < -0.4 is 0 Å². The normalized spacial score (nSPS) is 44.9. The predicted octanol–water partition coefficient (Wildman–Crippen LogP) is 4.57. The van der Waals surface area contributed by atoms with Crippen molar-refractivity contribution in [2.24, 2.45) is 23.2 Å². The van der Waals surface area contributed by atoms with Crippen LogP contribution in [0.2, 0.25) is 0 Å². The number of hydrogen-bond acceptors (Lipinski definition) is 1. The van der Waals surface area contributed by atoms with Gasteiger partial charge in [-0.1, -0.05) is 24.3 Å². The molecule has 4 bridgehead atoms. The first-order chi connectivity index (χ1) is 9.73. The molecule has 0 unspecified atom stereocenters. The number of carbonyl (C=O) groups is 1. The van der Waals surface area contributed by atoms with Gasteiger partial charge >= 0.3 is 0 Å². The zero-order valence-corrected chi connectivity index (χ0v) is 12.0. The minimum absolute atomic E-state index is 0.404. The predicted molar refractivity (Wildman–Crippen MR) is 78.7 cm³/mol. The van der Waals surface area contributed by atoms with E-state index in [1.54, 1.807) is 0 Å². The van der Waals surface area contributed by atoms with Gasteiger partial charge in [-0.25, -0.2) is 0 Å². The highest BCUT2D eigenvalue weighted by Gasteiger charge is 2.56. The van der Waals surface area contributed by atoms with Crippen LogP contribution in [-0.2, 0) is 0 Å². The first kappa shape index (κ1) is 11.5. The number of ketones is 1. The fourth-order valence-corrected chi connectivity index (χ4v) is 6.61. The maximum Gasteiger partial charge on any atom is 0.163 e. The Bertz CT molecular complexity index is 550. The van der Waals surface area contributed by atoms with Gasteiger partial charge in [0.15, 0.2) is 5.78 Å². The van der Waals surface area contributed by atoms with E-state index in [2.05, 4.69) is 18.2 Å². The summed E-state index contributed by atoms with van der Waals surface area (Å²) >= 11 is 0. The third-order valence-electron chi connectivity index (χ3n) is 6.85. The van der Waals surface area contributed by atoms with Crippen LogP contribution in [0.5, 0.6) is 0 Å². The topological polar surface area (TPSA) is 17.1 Å². The Balaban J connectivity index is 1.59. The van der Waals surface area contributed by atoms with E-state index in [4.69, 9.17) is 0 Å². The average Bonchev–Trinajstić information content (AvgIpc) is 2.76. The molecule has 6 rings (SSSR count). The molecule has 5 aliphatic rings. The van der Waals surface area contributed by atoms with Crippen molar-refractivity contribution >= 4 is 5.78 Å². The first-order valence-corrected chi connectivity index (χ1v) is 8.36. The molecular formula is C19H22O. The third-order valence-corrected chi connectivity index (χ3v) is 6.85. The number of Topliss-reactive ketones (excluding diaryl/α,β-unsaturated/α-hetero) is 1. The average molecular weight is 266 g/mol. The lowest BCUT2D eigenvalue weighted by Gasteiger charge is -2.59. The molecule has 20 heavy (non-hydrogen) atoms. The summed E-state index contributed by atoms with van der Waals surface area (Å²) in [4.78, 5) is 12.4. The van der Waals surface area contributed by atoms with E-state index in [9.17, 15) is 4.79 Å². The molecule has 0 aromatic heterocycles. The maximum absolute atomic E-state index is 12.4. The van der Waals surface area contributed by atoms with Crippen molar-refractivity contribution in [1.29, 1.82) is 0 Å². The summed E-state index contributed by atoms with van der Waals surface area (Å²) < 4.78 is 0. The summed E-state index contributed by atoms with van der Waals surface area (Å²) in [6.07, 6.45) is 9.48. The summed E-state index contributed by atoms with van der Waals surface area (Å²) in [6.45, 7) is 0. The number of benzene rings is 1. The van der Waals surface area contributed by atoms with E-state index in [-0.39, 0.29) is 0 Å². The number of carbonyl (C=O) groups excluding carboxylic acids is 1. The van der Waals surface area contributed by atoms with Crippen LogP contribution in [0.1, 0.15) is 66.8 Å². The Morgan fingerprint density at radius 3 is 2.15 bits per heavy atom. The summed E-state index contributed by atoms with van der Waals surface area (Å²) in [5.74, 6) is 3.87. The lowest BCUT2D eigenvalue weighted by atomic mass is 9.46. The number of rotatable bonds is 1. The summed E-state index contributed by atoms with van der Waals surface area (Å²) in [6, 6.07) is 8.45. The monoisotopic (exact) mass is 266 g/mol. The molecule has 1 aromatic rings. The van der Waals surface area contributed by atoms with Gasteiger partial charge < -0.3 is 0 Å². The largest absolute Gasteiger partial charge is 0.294 e. The fourth-order valence-electron chi connectivity index (χ4n) is 6.61. The summed E-state index contributed by atoms with van der Waals surface area (Å²) in [7, 11) is 0. The molecule has 0 saturated heterocycles. The Labute approximate surface area is 120 Å². The molecular weight excluding hydrogens is 244 g/mol. The van der Waals surface area contributed by atoms with Crippen molar-refractivity contribution in [2.75, 3.05) is 0 Å². The van der Waals surface area contributed by atoms with Gasteiger partial charge in [0.1, 0.15) is 0 Å². The van der Waals surface area contributed by atoms with Gasteiger partial charge in [-0.3, -0.25) is 4.79 Å². The van der Waals surface area contributed by atoms with Gasteiger partial charge in [-0.05, 0) is 73.2 Å². The minimum atomic E-state index is 0.404. The molecule has 1 nitrogen and oxygen atoms in total. The van der Waals surface area contributed by atoms with E-state index < -0.39 is 0 Å². The molecule has 0 aliphatic heterocycles. The van der Waals surface area contributed by atoms with Crippen LogP contribution in [-0.4, -0.2) is 5.78 Å². The zero-order chi connectivity index (χ0) is 13.3. The lowest BCUT2D eigenvalue weighted by molar-refractivity contribution is -0.0675. The Hall–Kier alpha value is -1.11. The molecule has 0 radical (unpaired) electrons. The van der Waals surface area contributed by atoms with E-state index in [0.29, 0.717) is 17.1 Å². The second-order valence-electron chi connectivity index (χ2n) is 8.05. The highest BCUT2D eigenvalue weighted by molar-refractivity contribution is 6.01. The third kappa shape index (κ3) is 1.42. The molecule has 1 heteroatoms. The van der Waals surface area contributed by atoms with Gasteiger partial charge in [0, 0.05) is 12.0 Å². The smallest absolute Gasteiger partial charge is 0.163 e. The highest BCUT2D eigenvalue weighted by atomic mass is 16.1. The van der Waals surface area contributed by atoms with Crippen molar-refractivity contribution in [1.82, 2.24) is 0 Å². The molecule has 0 amide bonds.